The molecule has 1 fully saturated rings. The van der Waals surface area contributed by atoms with E-state index in [0.29, 0.717) is 6.61 Å². The molecule has 2 nitrogen and oxygen atoms in total. The van der Waals surface area contributed by atoms with Crippen LogP contribution in [-0.2, 0) is 9.53 Å². The summed E-state index contributed by atoms with van der Waals surface area (Å²) in [7, 11) is 0. The fourth-order valence-corrected chi connectivity index (χ4v) is 1.72. The van der Waals surface area contributed by atoms with Gasteiger partial charge in [0.2, 0.25) is 0 Å². The maximum absolute atomic E-state index is 11.9. The summed E-state index contributed by atoms with van der Waals surface area (Å²) in [6, 6.07) is 0. The number of ether oxygens (including phenoxy) is 1. The zero-order valence-electron chi connectivity index (χ0n) is 8.26. The second-order valence-electron chi connectivity index (χ2n) is 4.07. The lowest BCUT2D eigenvalue weighted by molar-refractivity contribution is -0.119. The Morgan fingerprint density at radius 3 is 2.54 bits per heavy atom. The van der Waals surface area contributed by atoms with Crippen molar-refractivity contribution in [1.29, 1.82) is 0 Å². The SMILES string of the molecule is CC1=CC=C(C(C)C)C(=O)C12CO2. The molecule has 0 aromatic rings. The van der Waals surface area contributed by atoms with Crippen LogP contribution in [0.5, 0.6) is 0 Å². The van der Waals surface area contributed by atoms with Gasteiger partial charge in [-0.25, -0.2) is 0 Å². The van der Waals surface area contributed by atoms with Gasteiger partial charge in [0.1, 0.15) is 0 Å². The van der Waals surface area contributed by atoms with Gasteiger partial charge in [-0.1, -0.05) is 26.0 Å². The van der Waals surface area contributed by atoms with Crippen molar-refractivity contribution < 1.29 is 9.53 Å². The predicted octanol–water partition coefficient (Wildman–Crippen LogP) is 1.87. The summed E-state index contributed by atoms with van der Waals surface area (Å²) in [4.78, 5) is 11.9. The van der Waals surface area contributed by atoms with Crippen molar-refractivity contribution in [3.63, 3.8) is 0 Å². The van der Waals surface area contributed by atoms with Crippen LogP contribution in [0.1, 0.15) is 20.8 Å². The predicted molar refractivity (Wildman–Crippen MR) is 50.4 cm³/mol. The minimum Gasteiger partial charge on any atom is -0.356 e. The largest absolute Gasteiger partial charge is 0.356 e. The van der Waals surface area contributed by atoms with E-state index in [2.05, 4.69) is 0 Å². The molecular weight excluding hydrogens is 164 g/mol. The summed E-state index contributed by atoms with van der Waals surface area (Å²) in [5.74, 6) is 0.459. The summed E-state index contributed by atoms with van der Waals surface area (Å²) >= 11 is 0. The van der Waals surface area contributed by atoms with Crippen molar-refractivity contribution in [2.45, 2.75) is 26.4 Å². The van der Waals surface area contributed by atoms with Gasteiger partial charge in [0.05, 0.1) is 6.61 Å². The van der Waals surface area contributed by atoms with Gasteiger partial charge in [0, 0.05) is 5.57 Å². The molecule has 1 aliphatic carbocycles. The molecule has 2 aliphatic rings. The number of rotatable bonds is 1. The molecule has 70 valence electrons. The minimum atomic E-state index is -0.547. The Bertz CT molecular complexity index is 317. The summed E-state index contributed by atoms with van der Waals surface area (Å²) in [5, 5.41) is 0. The van der Waals surface area contributed by atoms with Gasteiger partial charge in [-0.05, 0) is 18.4 Å². The van der Waals surface area contributed by atoms with E-state index in [9.17, 15) is 4.79 Å². The molecule has 1 heterocycles. The molecule has 0 aromatic heterocycles. The van der Waals surface area contributed by atoms with E-state index >= 15 is 0 Å². The van der Waals surface area contributed by atoms with Crippen LogP contribution in [0.3, 0.4) is 0 Å². The summed E-state index contributed by atoms with van der Waals surface area (Å²) < 4.78 is 5.28. The third-order valence-corrected chi connectivity index (χ3v) is 2.83. The number of allylic oxidation sites excluding steroid dienone is 2. The normalized spacial score (nSPS) is 32.2. The maximum atomic E-state index is 11.9. The molecule has 1 saturated heterocycles. The number of epoxide rings is 1. The lowest BCUT2D eigenvalue weighted by atomic mass is 9.82. The number of hydrogen-bond acceptors (Lipinski definition) is 2. The number of carbonyl (C=O) groups excluding carboxylic acids is 1. The Balaban J connectivity index is 2.38. The number of Topliss-reactive ketones (excluding diaryl/α,β-unsaturated/α-hetero) is 1. The number of hydrogen-bond donors (Lipinski definition) is 0. The first-order valence-electron chi connectivity index (χ1n) is 4.65. The van der Waals surface area contributed by atoms with Crippen molar-refractivity contribution in [2.24, 2.45) is 5.92 Å². The highest BCUT2D eigenvalue weighted by molar-refractivity contribution is 6.07. The average molecular weight is 178 g/mol. The Labute approximate surface area is 78.3 Å². The van der Waals surface area contributed by atoms with Gasteiger partial charge in [0.15, 0.2) is 11.4 Å². The molecule has 0 amide bonds. The van der Waals surface area contributed by atoms with Gasteiger partial charge in [-0.3, -0.25) is 4.79 Å². The van der Waals surface area contributed by atoms with Crippen molar-refractivity contribution in [3.8, 4) is 0 Å². The van der Waals surface area contributed by atoms with Crippen molar-refractivity contribution in [1.82, 2.24) is 0 Å². The Hall–Kier alpha value is -0.890. The van der Waals surface area contributed by atoms with Gasteiger partial charge < -0.3 is 4.74 Å². The molecule has 13 heavy (non-hydrogen) atoms. The van der Waals surface area contributed by atoms with Crippen LogP contribution in [0.25, 0.3) is 0 Å². The first-order chi connectivity index (χ1) is 6.08. The van der Waals surface area contributed by atoms with Crippen LogP contribution in [-0.4, -0.2) is 18.0 Å². The molecule has 0 N–H and O–H groups in total. The molecule has 1 atom stereocenters. The van der Waals surface area contributed by atoms with E-state index in [1.807, 2.05) is 32.9 Å². The highest BCUT2D eigenvalue weighted by Gasteiger charge is 2.55. The molecule has 0 saturated carbocycles. The van der Waals surface area contributed by atoms with Gasteiger partial charge >= 0.3 is 0 Å². The van der Waals surface area contributed by atoms with Gasteiger partial charge in [-0.15, -0.1) is 0 Å². The summed E-state index contributed by atoms with van der Waals surface area (Å²) in [6.07, 6.45) is 3.93. The second-order valence-corrected chi connectivity index (χ2v) is 4.07. The topological polar surface area (TPSA) is 29.6 Å². The van der Waals surface area contributed by atoms with Crippen LogP contribution in [0.4, 0.5) is 0 Å². The van der Waals surface area contributed by atoms with Crippen molar-refractivity contribution in [2.75, 3.05) is 6.61 Å². The van der Waals surface area contributed by atoms with Crippen molar-refractivity contribution in [3.05, 3.63) is 23.3 Å². The number of carbonyl (C=O) groups is 1. The Morgan fingerprint density at radius 1 is 1.46 bits per heavy atom. The lowest BCUT2D eigenvalue weighted by Crippen LogP contribution is -2.31. The Kier molecular flexibility index (Phi) is 1.70. The molecule has 0 radical (unpaired) electrons. The van der Waals surface area contributed by atoms with Crippen LogP contribution in [0.2, 0.25) is 0 Å². The fourth-order valence-electron chi connectivity index (χ4n) is 1.72. The first-order valence-corrected chi connectivity index (χ1v) is 4.65. The van der Waals surface area contributed by atoms with E-state index in [-0.39, 0.29) is 11.7 Å². The van der Waals surface area contributed by atoms with Crippen LogP contribution in [0.15, 0.2) is 23.3 Å². The zero-order chi connectivity index (χ0) is 9.64. The van der Waals surface area contributed by atoms with Gasteiger partial charge in [0.25, 0.3) is 0 Å². The highest BCUT2D eigenvalue weighted by atomic mass is 16.6. The maximum Gasteiger partial charge on any atom is 0.197 e. The number of ketones is 1. The highest BCUT2D eigenvalue weighted by Crippen LogP contribution is 2.41. The zero-order valence-corrected chi connectivity index (χ0v) is 8.26. The van der Waals surface area contributed by atoms with Crippen LogP contribution < -0.4 is 0 Å². The standard InChI is InChI=1S/C11H14O2/c1-7(2)9-5-4-8(3)11(6-13-11)10(9)12/h4-5,7H,6H2,1-3H3. The van der Waals surface area contributed by atoms with Crippen molar-refractivity contribution >= 4 is 5.78 Å². The summed E-state index contributed by atoms with van der Waals surface area (Å²) in [6.45, 7) is 6.60. The second kappa shape index (κ2) is 2.55. The molecule has 2 heteroatoms. The molecule has 2 rings (SSSR count). The monoisotopic (exact) mass is 178 g/mol. The van der Waals surface area contributed by atoms with E-state index in [0.717, 1.165) is 11.1 Å². The minimum absolute atomic E-state index is 0.169. The third kappa shape index (κ3) is 1.09. The van der Waals surface area contributed by atoms with E-state index < -0.39 is 5.60 Å². The molecule has 0 bridgehead atoms. The average Bonchev–Trinajstić information content (AvgIpc) is 2.81. The fraction of sp³-hybridized carbons (Fsp3) is 0.545. The first kappa shape index (κ1) is 8.70. The van der Waals surface area contributed by atoms with E-state index in [4.69, 9.17) is 4.74 Å². The van der Waals surface area contributed by atoms with Gasteiger partial charge in [-0.2, -0.15) is 0 Å². The molecule has 1 unspecified atom stereocenters. The smallest absolute Gasteiger partial charge is 0.197 e. The van der Waals surface area contributed by atoms with Crippen LogP contribution in [0, 0.1) is 5.92 Å². The molecule has 1 spiro atoms. The quantitative estimate of drug-likeness (QED) is 0.574. The molecular formula is C11H14O2. The van der Waals surface area contributed by atoms with E-state index in [1.54, 1.807) is 0 Å². The van der Waals surface area contributed by atoms with E-state index in [1.165, 1.54) is 0 Å². The lowest BCUT2D eigenvalue weighted by Gasteiger charge is -2.20. The van der Waals surface area contributed by atoms with Crippen LogP contribution >= 0.6 is 0 Å². The third-order valence-electron chi connectivity index (χ3n) is 2.83. The summed E-state index contributed by atoms with van der Waals surface area (Å²) in [5.41, 5.74) is 1.39. The molecule has 0 aromatic carbocycles. The molecule has 1 aliphatic heterocycles. The Morgan fingerprint density at radius 2 is 2.08 bits per heavy atom.